The Balaban J connectivity index is 1.74. The number of fused-ring (bicyclic) bond motifs is 1. The molecule has 4 rings (SSSR count). The molecule has 0 radical (unpaired) electrons. The van der Waals surface area contributed by atoms with Gasteiger partial charge in [-0.15, -0.1) is 0 Å². The van der Waals surface area contributed by atoms with Gasteiger partial charge in [-0.1, -0.05) is 19.9 Å². The van der Waals surface area contributed by atoms with Gasteiger partial charge in [0.1, 0.15) is 0 Å². The summed E-state index contributed by atoms with van der Waals surface area (Å²) >= 11 is 0. The minimum Gasteiger partial charge on any atom is -0.367 e. The Morgan fingerprint density at radius 2 is 2.19 bits per heavy atom. The summed E-state index contributed by atoms with van der Waals surface area (Å²) in [5, 5.41) is 3.36. The molecule has 1 aromatic carbocycles. The van der Waals surface area contributed by atoms with Crippen LogP contribution in [0, 0.1) is 5.92 Å². The van der Waals surface area contributed by atoms with Gasteiger partial charge in [-0.3, -0.25) is 4.79 Å². The van der Waals surface area contributed by atoms with Crippen molar-refractivity contribution in [3.05, 3.63) is 47.9 Å². The van der Waals surface area contributed by atoms with Crippen LogP contribution in [0.5, 0.6) is 0 Å². The number of benzene rings is 1. The average Bonchev–Trinajstić information content (AvgIpc) is 3.37. The van der Waals surface area contributed by atoms with E-state index in [9.17, 15) is 4.79 Å². The molecular formula is C20H23N5O. The molecule has 0 saturated heterocycles. The molecule has 6 heteroatoms. The molecule has 0 bridgehead atoms. The van der Waals surface area contributed by atoms with Gasteiger partial charge in [0.15, 0.2) is 11.5 Å². The van der Waals surface area contributed by atoms with E-state index in [0.717, 1.165) is 47.7 Å². The first-order chi connectivity index (χ1) is 12.5. The quantitative estimate of drug-likeness (QED) is 0.714. The fourth-order valence-electron chi connectivity index (χ4n) is 3.16. The number of aromatic nitrogens is 3. The second-order valence-corrected chi connectivity index (χ2v) is 7.35. The Morgan fingerprint density at radius 3 is 2.88 bits per heavy atom. The smallest absolute Gasteiger partial charge is 0.248 e. The van der Waals surface area contributed by atoms with Gasteiger partial charge in [-0.25, -0.2) is 9.97 Å². The van der Waals surface area contributed by atoms with Gasteiger partial charge in [0.2, 0.25) is 5.91 Å². The van der Waals surface area contributed by atoms with E-state index in [4.69, 9.17) is 10.7 Å². The molecule has 6 nitrogen and oxygen atoms in total. The molecule has 3 aromatic rings. The highest BCUT2D eigenvalue weighted by Gasteiger charge is 2.28. The fourth-order valence-corrected chi connectivity index (χ4v) is 3.16. The van der Waals surface area contributed by atoms with Crippen molar-refractivity contribution in [3.8, 4) is 11.3 Å². The minimum atomic E-state index is -0.363. The van der Waals surface area contributed by atoms with Crippen LogP contribution in [-0.2, 0) is 0 Å². The summed E-state index contributed by atoms with van der Waals surface area (Å²) < 4.78 is 1.98. The molecule has 1 fully saturated rings. The van der Waals surface area contributed by atoms with E-state index in [1.807, 2.05) is 28.9 Å². The second kappa shape index (κ2) is 6.44. The van der Waals surface area contributed by atoms with Crippen LogP contribution in [0.1, 0.15) is 48.5 Å². The number of hydrogen-bond acceptors (Lipinski definition) is 4. The van der Waals surface area contributed by atoms with Gasteiger partial charge in [0.05, 0.1) is 5.69 Å². The average molecular weight is 349 g/mol. The monoisotopic (exact) mass is 349 g/mol. The number of nitrogens with one attached hydrogen (secondary N) is 1. The number of nitrogens with two attached hydrogens (primary N) is 1. The molecule has 0 aliphatic heterocycles. The normalized spacial score (nSPS) is 14.1. The largest absolute Gasteiger partial charge is 0.367 e. The van der Waals surface area contributed by atoms with Gasteiger partial charge in [0, 0.05) is 36.3 Å². The third-order valence-corrected chi connectivity index (χ3v) is 4.68. The van der Waals surface area contributed by atoms with Crippen molar-refractivity contribution in [1.82, 2.24) is 14.4 Å². The van der Waals surface area contributed by atoms with Gasteiger partial charge in [-0.05, 0) is 42.4 Å². The minimum absolute atomic E-state index is 0.363. The van der Waals surface area contributed by atoms with Gasteiger partial charge in [-0.2, -0.15) is 0 Å². The molecule has 3 N–H and O–H groups in total. The maximum atomic E-state index is 11.7. The summed E-state index contributed by atoms with van der Waals surface area (Å²) in [6, 6.07) is 5.81. The fraction of sp³-hybridized carbons (Fsp3) is 0.350. The summed E-state index contributed by atoms with van der Waals surface area (Å²) in [5.41, 5.74) is 9.86. The van der Waals surface area contributed by atoms with E-state index in [1.165, 1.54) is 0 Å². The summed E-state index contributed by atoms with van der Waals surface area (Å²) in [6.07, 6.45) is 7.89. The number of carbonyl (C=O) groups is 1. The molecule has 2 aromatic heterocycles. The first kappa shape index (κ1) is 16.6. The molecule has 1 saturated carbocycles. The van der Waals surface area contributed by atoms with Crippen LogP contribution in [0.2, 0.25) is 0 Å². The Bertz CT molecular complexity index is 971. The number of hydrogen-bond donors (Lipinski definition) is 2. The lowest BCUT2D eigenvalue weighted by Crippen LogP contribution is -2.13. The van der Waals surface area contributed by atoms with E-state index in [-0.39, 0.29) is 5.91 Å². The lowest BCUT2D eigenvalue weighted by atomic mass is 9.98. The molecule has 26 heavy (non-hydrogen) atoms. The van der Waals surface area contributed by atoms with Crippen molar-refractivity contribution in [2.45, 2.75) is 32.6 Å². The van der Waals surface area contributed by atoms with Crippen molar-refractivity contribution in [3.63, 3.8) is 0 Å². The van der Waals surface area contributed by atoms with E-state index in [2.05, 4.69) is 30.2 Å². The van der Waals surface area contributed by atoms with E-state index in [0.29, 0.717) is 17.4 Å². The lowest BCUT2D eigenvalue weighted by Gasteiger charge is -2.08. The summed E-state index contributed by atoms with van der Waals surface area (Å²) in [6.45, 7) is 5.15. The van der Waals surface area contributed by atoms with E-state index < -0.39 is 0 Å². The van der Waals surface area contributed by atoms with Gasteiger partial charge in [0.25, 0.3) is 0 Å². The first-order valence-corrected chi connectivity index (χ1v) is 9.04. The van der Waals surface area contributed by atoms with Crippen LogP contribution >= 0.6 is 0 Å². The topological polar surface area (TPSA) is 85.3 Å². The molecule has 1 amide bonds. The standard InChI is InChI=1S/C20H23N5O/c1-12(2)10-23-19-20-24-17(11-25(20)8-7-22-19)14-5-6-15(18(21)26)16(9-14)13-3-4-13/h5-9,11-13H,3-4,10H2,1-2H3,(H2,21,26)(H,22,23). The maximum absolute atomic E-state index is 11.7. The SMILES string of the molecule is CC(C)CNc1nccn2cc(-c3ccc(C(N)=O)c(C4CC4)c3)nc12. The third-order valence-electron chi connectivity index (χ3n) is 4.68. The van der Waals surface area contributed by atoms with E-state index >= 15 is 0 Å². The van der Waals surface area contributed by atoms with Crippen molar-refractivity contribution in [2.75, 3.05) is 11.9 Å². The molecule has 1 aliphatic rings. The molecule has 2 heterocycles. The number of primary amides is 1. The Labute approximate surface area is 152 Å². The Kier molecular flexibility index (Phi) is 4.11. The van der Waals surface area contributed by atoms with Crippen LogP contribution in [0.3, 0.4) is 0 Å². The predicted molar refractivity (Wildman–Crippen MR) is 102 cm³/mol. The Hall–Kier alpha value is -2.89. The highest BCUT2D eigenvalue weighted by molar-refractivity contribution is 5.95. The number of rotatable bonds is 6. The van der Waals surface area contributed by atoms with Crippen LogP contribution in [0.25, 0.3) is 16.9 Å². The summed E-state index contributed by atoms with van der Waals surface area (Å²) in [7, 11) is 0. The second-order valence-electron chi connectivity index (χ2n) is 7.35. The molecule has 0 atom stereocenters. The molecule has 134 valence electrons. The van der Waals surface area contributed by atoms with Crippen LogP contribution in [-0.4, -0.2) is 26.8 Å². The molecule has 1 aliphatic carbocycles. The zero-order chi connectivity index (χ0) is 18.3. The van der Waals surface area contributed by atoms with Gasteiger partial charge < -0.3 is 15.5 Å². The van der Waals surface area contributed by atoms with Crippen LogP contribution < -0.4 is 11.1 Å². The lowest BCUT2D eigenvalue weighted by molar-refractivity contribution is 0.0999. The molecular weight excluding hydrogens is 326 g/mol. The van der Waals surface area contributed by atoms with Crippen LogP contribution in [0.4, 0.5) is 5.82 Å². The van der Waals surface area contributed by atoms with Crippen molar-refractivity contribution in [1.29, 1.82) is 0 Å². The van der Waals surface area contributed by atoms with E-state index in [1.54, 1.807) is 6.20 Å². The predicted octanol–water partition coefficient (Wildman–Crippen LogP) is 3.44. The van der Waals surface area contributed by atoms with Crippen LogP contribution in [0.15, 0.2) is 36.8 Å². The van der Waals surface area contributed by atoms with Crippen molar-refractivity contribution >= 4 is 17.4 Å². The summed E-state index contributed by atoms with van der Waals surface area (Å²) in [5.74, 6) is 1.38. The number of carbonyl (C=O) groups excluding carboxylic acids is 1. The number of imidazole rings is 1. The molecule has 0 unspecified atom stereocenters. The third kappa shape index (κ3) is 3.14. The molecule has 0 spiro atoms. The zero-order valence-electron chi connectivity index (χ0n) is 15.1. The summed E-state index contributed by atoms with van der Waals surface area (Å²) in [4.78, 5) is 20.9. The maximum Gasteiger partial charge on any atom is 0.248 e. The first-order valence-electron chi connectivity index (χ1n) is 9.04. The Morgan fingerprint density at radius 1 is 1.38 bits per heavy atom. The highest BCUT2D eigenvalue weighted by Crippen LogP contribution is 2.42. The number of nitrogens with zero attached hydrogens (tertiary/aromatic N) is 3. The number of anilines is 1. The van der Waals surface area contributed by atoms with Crippen molar-refractivity contribution in [2.24, 2.45) is 11.7 Å². The van der Waals surface area contributed by atoms with Gasteiger partial charge >= 0.3 is 0 Å². The van der Waals surface area contributed by atoms with Crippen molar-refractivity contribution < 1.29 is 4.79 Å². The zero-order valence-corrected chi connectivity index (χ0v) is 15.1. The number of amides is 1. The highest BCUT2D eigenvalue weighted by atomic mass is 16.1.